The molecule has 196 valence electrons. The first kappa shape index (κ1) is 28.8. The average molecular weight is 524 g/mol. The number of allylic oxidation sites excluding steroid dienone is 1. The number of aliphatic carboxylic acids is 1. The first-order valence-corrected chi connectivity index (χ1v) is 11.5. The van der Waals surface area contributed by atoms with Gasteiger partial charge in [-0.05, 0) is 25.5 Å². The third kappa shape index (κ3) is 7.30. The standard InChI is InChI=1S/C24H30ClN3O8/c1-4-36-24(33)21-17(12-35-10-9-27-16(22(30)31)11-18(26)29)28-13(2)19(23(32)34-3)20(21)14-7-5-6-8-15(14)25/h5-8,16,20,27-28H,4,9-12H2,1-3H3,(H2,26,29)(H,30,31)/t16-,20?/m0/s1. The van der Waals surface area contributed by atoms with Crippen LogP contribution in [0.25, 0.3) is 0 Å². The second-order valence-electron chi connectivity index (χ2n) is 7.79. The Balaban J connectivity index is 2.35. The van der Waals surface area contributed by atoms with Crippen molar-refractivity contribution in [3.63, 3.8) is 0 Å². The molecular formula is C24H30ClN3O8. The van der Waals surface area contributed by atoms with Gasteiger partial charge in [0.2, 0.25) is 5.91 Å². The first-order valence-electron chi connectivity index (χ1n) is 11.1. The van der Waals surface area contributed by atoms with Crippen molar-refractivity contribution in [3.8, 4) is 0 Å². The number of amides is 1. The van der Waals surface area contributed by atoms with Crippen LogP contribution < -0.4 is 16.4 Å². The van der Waals surface area contributed by atoms with E-state index in [0.29, 0.717) is 22.0 Å². The van der Waals surface area contributed by atoms with Gasteiger partial charge in [0, 0.05) is 17.3 Å². The number of primary amides is 1. The number of rotatable bonds is 13. The fourth-order valence-corrected chi connectivity index (χ4v) is 4.03. The molecule has 11 nitrogen and oxygen atoms in total. The zero-order valence-corrected chi connectivity index (χ0v) is 21.0. The molecule has 1 aliphatic heterocycles. The van der Waals surface area contributed by atoms with Crippen molar-refractivity contribution in [1.82, 2.24) is 10.6 Å². The molecule has 1 amide bonds. The van der Waals surface area contributed by atoms with E-state index in [1.165, 1.54) is 7.11 Å². The molecule has 1 unspecified atom stereocenters. The van der Waals surface area contributed by atoms with Crippen LogP contribution >= 0.6 is 11.6 Å². The van der Waals surface area contributed by atoms with Gasteiger partial charge in [-0.25, -0.2) is 9.59 Å². The second kappa shape index (κ2) is 13.6. The van der Waals surface area contributed by atoms with Crippen molar-refractivity contribution in [2.75, 3.05) is 33.5 Å². The molecular weight excluding hydrogens is 494 g/mol. The number of dihydropyridines is 1. The van der Waals surface area contributed by atoms with E-state index in [9.17, 15) is 24.3 Å². The van der Waals surface area contributed by atoms with Crippen molar-refractivity contribution in [3.05, 3.63) is 57.4 Å². The van der Waals surface area contributed by atoms with E-state index in [2.05, 4.69) is 10.6 Å². The summed E-state index contributed by atoms with van der Waals surface area (Å²) in [5.41, 5.74) is 6.74. The molecule has 2 rings (SSSR count). The van der Waals surface area contributed by atoms with Gasteiger partial charge in [0.25, 0.3) is 0 Å². The molecule has 0 saturated heterocycles. The molecule has 1 aromatic carbocycles. The molecule has 2 atom stereocenters. The molecule has 5 N–H and O–H groups in total. The molecule has 0 aliphatic carbocycles. The maximum atomic E-state index is 13.1. The van der Waals surface area contributed by atoms with Gasteiger partial charge in [0.05, 0.1) is 56.1 Å². The van der Waals surface area contributed by atoms with Crippen LogP contribution in [0.1, 0.15) is 31.7 Å². The van der Waals surface area contributed by atoms with Crippen molar-refractivity contribution >= 4 is 35.4 Å². The lowest BCUT2D eigenvalue weighted by molar-refractivity contribution is -0.141. The van der Waals surface area contributed by atoms with Gasteiger partial charge in [0.15, 0.2) is 0 Å². The van der Waals surface area contributed by atoms with Crippen LogP contribution in [-0.2, 0) is 33.4 Å². The minimum atomic E-state index is -1.21. The molecule has 1 aromatic rings. The molecule has 12 heteroatoms. The Morgan fingerprint density at radius 2 is 1.89 bits per heavy atom. The number of benzene rings is 1. The van der Waals surface area contributed by atoms with E-state index in [4.69, 9.17) is 31.5 Å². The van der Waals surface area contributed by atoms with Crippen LogP contribution in [0.4, 0.5) is 0 Å². The van der Waals surface area contributed by atoms with Crippen LogP contribution in [0.15, 0.2) is 46.8 Å². The number of halogens is 1. The normalized spacial score (nSPS) is 16.3. The van der Waals surface area contributed by atoms with E-state index in [0.717, 1.165) is 0 Å². The summed E-state index contributed by atoms with van der Waals surface area (Å²) in [5.74, 6) is -4.14. The first-order chi connectivity index (χ1) is 17.1. The summed E-state index contributed by atoms with van der Waals surface area (Å²) >= 11 is 6.46. The smallest absolute Gasteiger partial charge is 0.336 e. The SMILES string of the molecule is CCOC(=O)C1=C(COCCN[C@@H](CC(N)=O)C(=O)O)NC(C)=C(C(=O)OC)C1c1ccccc1Cl. The van der Waals surface area contributed by atoms with Crippen LogP contribution in [0.3, 0.4) is 0 Å². The lowest BCUT2D eigenvalue weighted by Crippen LogP contribution is -2.41. The largest absolute Gasteiger partial charge is 0.480 e. The Kier molecular flexibility index (Phi) is 10.9. The number of hydrogen-bond donors (Lipinski definition) is 4. The third-order valence-electron chi connectivity index (χ3n) is 5.35. The second-order valence-corrected chi connectivity index (χ2v) is 8.20. The highest BCUT2D eigenvalue weighted by Gasteiger charge is 2.39. The van der Waals surface area contributed by atoms with Crippen LogP contribution in [0.2, 0.25) is 5.02 Å². The summed E-state index contributed by atoms with van der Waals surface area (Å²) in [6, 6.07) is 5.68. The molecule has 0 radical (unpaired) electrons. The third-order valence-corrected chi connectivity index (χ3v) is 5.69. The maximum absolute atomic E-state index is 13.1. The molecule has 0 saturated carbocycles. The van der Waals surface area contributed by atoms with Crippen molar-refractivity contribution in [1.29, 1.82) is 0 Å². The number of nitrogens with two attached hydrogens (primary N) is 1. The summed E-state index contributed by atoms with van der Waals surface area (Å²) < 4.78 is 16.0. The van der Waals surface area contributed by atoms with Crippen molar-refractivity contribution in [2.45, 2.75) is 32.2 Å². The predicted molar refractivity (Wildman–Crippen MR) is 130 cm³/mol. The van der Waals surface area contributed by atoms with Gasteiger partial charge in [0.1, 0.15) is 6.04 Å². The predicted octanol–water partition coefficient (Wildman–Crippen LogP) is 1.23. The van der Waals surface area contributed by atoms with E-state index in [-0.39, 0.29) is 43.9 Å². The highest BCUT2D eigenvalue weighted by molar-refractivity contribution is 6.31. The van der Waals surface area contributed by atoms with Gasteiger partial charge in [-0.2, -0.15) is 0 Å². The maximum Gasteiger partial charge on any atom is 0.336 e. The van der Waals surface area contributed by atoms with Gasteiger partial charge in [-0.3, -0.25) is 9.59 Å². The van der Waals surface area contributed by atoms with Crippen LogP contribution in [-0.4, -0.2) is 68.4 Å². The number of carbonyl (C=O) groups is 4. The zero-order valence-electron chi connectivity index (χ0n) is 20.3. The number of carbonyl (C=O) groups excluding carboxylic acids is 3. The van der Waals surface area contributed by atoms with Gasteiger partial charge < -0.3 is 35.7 Å². The van der Waals surface area contributed by atoms with Gasteiger partial charge >= 0.3 is 17.9 Å². The van der Waals surface area contributed by atoms with Gasteiger partial charge in [-0.1, -0.05) is 29.8 Å². The lowest BCUT2D eigenvalue weighted by atomic mass is 9.80. The number of esters is 2. The number of carboxylic acid groups (broad SMARTS) is 1. The molecule has 1 heterocycles. The lowest BCUT2D eigenvalue weighted by Gasteiger charge is -2.31. The topological polar surface area (TPSA) is 166 Å². The highest BCUT2D eigenvalue weighted by atomic mass is 35.5. The Morgan fingerprint density at radius 1 is 1.19 bits per heavy atom. The van der Waals surface area contributed by atoms with E-state index >= 15 is 0 Å². The van der Waals surface area contributed by atoms with E-state index < -0.39 is 35.8 Å². The minimum Gasteiger partial charge on any atom is -0.480 e. The fraction of sp³-hybridized carbons (Fsp3) is 0.417. The molecule has 0 spiro atoms. The van der Waals surface area contributed by atoms with E-state index in [1.807, 2.05) is 0 Å². The average Bonchev–Trinajstić information content (AvgIpc) is 2.82. The number of methoxy groups -OCH3 is 1. The molecule has 1 aliphatic rings. The Morgan fingerprint density at radius 3 is 2.47 bits per heavy atom. The van der Waals surface area contributed by atoms with E-state index in [1.54, 1.807) is 38.1 Å². The van der Waals surface area contributed by atoms with Crippen LogP contribution in [0, 0.1) is 0 Å². The summed E-state index contributed by atoms with van der Waals surface area (Å²) in [7, 11) is 1.24. The Hall–Kier alpha value is -3.41. The molecule has 0 fully saturated rings. The van der Waals surface area contributed by atoms with Gasteiger partial charge in [-0.15, -0.1) is 0 Å². The fourth-order valence-electron chi connectivity index (χ4n) is 3.79. The summed E-state index contributed by atoms with van der Waals surface area (Å²) in [6.07, 6.45) is -0.366. The summed E-state index contributed by atoms with van der Waals surface area (Å²) in [5, 5.41) is 15.3. The van der Waals surface area contributed by atoms with Crippen molar-refractivity contribution in [2.24, 2.45) is 5.73 Å². The molecule has 0 aromatic heterocycles. The molecule has 36 heavy (non-hydrogen) atoms. The quantitative estimate of drug-likeness (QED) is 0.218. The Labute approximate surface area is 213 Å². The number of carboxylic acids is 1. The monoisotopic (exact) mass is 523 g/mol. The number of ether oxygens (including phenoxy) is 3. The number of nitrogens with one attached hydrogen (secondary N) is 2. The minimum absolute atomic E-state index is 0.0488. The zero-order chi connectivity index (χ0) is 26.8. The molecule has 0 bridgehead atoms. The highest BCUT2D eigenvalue weighted by Crippen LogP contribution is 2.41. The Bertz CT molecular complexity index is 1070. The van der Waals surface area contributed by atoms with Crippen LogP contribution in [0.5, 0.6) is 0 Å². The summed E-state index contributed by atoms with van der Waals surface area (Å²) in [4.78, 5) is 48.1. The number of hydrogen-bond acceptors (Lipinski definition) is 9. The van der Waals surface area contributed by atoms with Crippen molar-refractivity contribution < 1.29 is 38.5 Å². The summed E-state index contributed by atoms with van der Waals surface area (Å²) in [6.45, 7) is 3.49.